The van der Waals surface area contributed by atoms with Gasteiger partial charge in [-0.1, -0.05) is 12.7 Å². The fourth-order valence-electron chi connectivity index (χ4n) is 0.805. The summed E-state index contributed by atoms with van der Waals surface area (Å²) in [6, 6.07) is 0. The summed E-state index contributed by atoms with van der Waals surface area (Å²) in [5, 5.41) is 8.39. The van der Waals surface area contributed by atoms with Crippen LogP contribution in [0, 0.1) is 0 Å². The normalized spacial score (nSPS) is 9.00. The van der Waals surface area contributed by atoms with E-state index >= 15 is 0 Å². The predicted molar refractivity (Wildman–Crippen MR) is 49.2 cm³/mol. The van der Waals surface area contributed by atoms with E-state index in [1.807, 2.05) is 0 Å². The SMILES string of the molecule is C=CCN(C)C(=O)C(=C)CC(=O)O. The van der Waals surface area contributed by atoms with Crippen molar-refractivity contribution in [2.75, 3.05) is 13.6 Å². The maximum atomic E-state index is 11.3. The second-order valence-electron chi connectivity index (χ2n) is 2.65. The number of amides is 1. The van der Waals surface area contributed by atoms with E-state index < -0.39 is 5.97 Å². The van der Waals surface area contributed by atoms with Gasteiger partial charge in [0, 0.05) is 19.2 Å². The van der Waals surface area contributed by atoms with E-state index in [1.54, 1.807) is 13.1 Å². The Morgan fingerprint density at radius 2 is 2.08 bits per heavy atom. The molecule has 4 heteroatoms. The van der Waals surface area contributed by atoms with E-state index in [1.165, 1.54) is 4.90 Å². The third kappa shape index (κ3) is 4.10. The number of carbonyl (C=O) groups is 2. The van der Waals surface area contributed by atoms with Crippen molar-refractivity contribution in [3.63, 3.8) is 0 Å². The summed E-state index contributed by atoms with van der Waals surface area (Å²) in [5.41, 5.74) is 0.0804. The Kier molecular flexibility index (Phi) is 4.51. The molecule has 0 aromatic carbocycles. The fraction of sp³-hybridized carbons (Fsp3) is 0.333. The number of carboxylic acids is 1. The summed E-state index contributed by atoms with van der Waals surface area (Å²) >= 11 is 0. The molecule has 0 rings (SSSR count). The van der Waals surface area contributed by atoms with Crippen molar-refractivity contribution in [3.05, 3.63) is 24.8 Å². The monoisotopic (exact) mass is 183 g/mol. The van der Waals surface area contributed by atoms with E-state index in [9.17, 15) is 9.59 Å². The molecule has 0 unspecified atom stereocenters. The summed E-state index contributed by atoms with van der Waals surface area (Å²) in [5.74, 6) is -1.41. The molecule has 0 heterocycles. The molecule has 1 amide bonds. The summed E-state index contributed by atoms with van der Waals surface area (Å²) in [6.45, 7) is 7.24. The number of nitrogens with zero attached hydrogens (tertiary/aromatic N) is 1. The number of aliphatic carboxylic acids is 1. The van der Waals surface area contributed by atoms with Crippen LogP contribution in [0.3, 0.4) is 0 Å². The molecular formula is C9H13NO3. The summed E-state index contributed by atoms with van der Waals surface area (Å²) < 4.78 is 0. The molecule has 0 bridgehead atoms. The molecule has 1 N–H and O–H groups in total. The number of carboxylic acid groups (broad SMARTS) is 1. The fourth-order valence-corrected chi connectivity index (χ4v) is 0.805. The van der Waals surface area contributed by atoms with Gasteiger partial charge in [-0.15, -0.1) is 6.58 Å². The Bertz CT molecular complexity index is 245. The van der Waals surface area contributed by atoms with Gasteiger partial charge in [-0.2, -0.15) is 0 Å². The summed E-state index contributed by atoms with van der Waals surface area (Å²) in [6.07, 6.45) is 1.24. The highest BCUT2D eigenvalue weighted by Gasteiger charge is 2.13. The van der Waals surface area contributed by atoms with Gasteiger partial charge in [-0.25, -0.2) is 0 Å². The topological polar surface area (TPSA) is 57.6 Å². The molecule has 0 saturated heterocycles. The van der Waals surface area contributed by atoms with Crippen LogP contribution in [-0.4, -0.2) is 35.5 Å². The molecule has 4 nitrogen and oxygen atoms in total. The van der Waals surface area contributed by atoms with Crippen molar-refractivity contribution in [2.24, 2.45) is 0 Å². The lowest BCUT2D eigenvalue weighted by molar-refractivity contribution is -0.137. The lowest BCUT2D eigenvalue weighted by Gasteiger charge is -2.15. The molecule has 0 aliphatic heterocycles. The van der Waals surface area contributed by atoms with Crippen LogP contribution >= 0.6 is 0 Å². The Balaban J connectivity index is 4.17. The molecule has 0 fully saturated rings. The number of likely N-dealkylation sites (N-methyl/N-ethyl adjacent to an activating group) is 1. The Labute approximate surface area is 77.2 Å². The van der Waals surface area contributed by atoms with Crippen LogP contribution in [0.15, 0.2) is 24.8 Å². The number of carbonyl (C=O) groups excluding carboxylic acids is 1. The van der Waals surface area contributed by atoms with Crippen LogP contribution in [0.1, 0.15) is 6.42 Å². The highest BCUT2D eigenvalue weighted by molar-refractivity contribution is 5.96. The van der Waals surface area contributed by atoms with Crippen LogP contribution in [-0.2, 0) is 9.59 Å². The van der Waals surface area contributed by atoms with Crippen molar-refractivity contribution >= 4 is 11.9 Å². The van der Waals surface area contributed by atoms with E-state index in [4.69, 9.17) is 5.11 Å². The molecular weight excluding hydrogens is 170 g/mol. The third-order valence-electron chi connectivity index (χ3n) is 1.42. The maximum absolute atomic E-state index is 11.3. The minimum atomic E-state index is -1.05. The molecule has 0 aromatic heterocycles. The van der Waals surface area contributed by atoms with E-state index in [0.29, 0.717) is 6.54 Å². The molecule has 0 saturated carbocycles. The van der Waals surface area contributed by atoms with Crippen molar-refractivity contribution < 1.29 is 14.7 Å². The molecule has 0 aliphatic rings. The molecule has 0 radical (unpaired) electrons. The van der Waals surface area contributed by atoms with Crippen molar-refractivity contribution in [2.45, 2.75) is 6.42 Å². The Morgan fingerprint density at radius 1 is 1.54 bits per heavy atom. The Morgan fingerprint density at radius 3 is 2.46 bits per heavy atom. The van der Waals surface area contributed by atoms with Crippen LogP contribution < -0.4 is 0 Å². The molecule has 0 aromatic rings. The van der Waals surface area contributed by atoms with Crippen LogP contribution in [0.25, 0.3) is 0 Å². The van der Waals surface area contributed by atoms with Gasteiger partial charge in [0.25, 0.3) is 0 Å². The number of rotatable bonds is 5. The minimum Gasteiger partial charge on any atom is -0.481 e. The highest BCUT2D eigenvalue weighted by atomic mass is 16.4. The maximum Gasteiger partial charge on any atom is 0.308 e. The van der Waals surface area contributed by atoms with Crippen molar-refractivity contribution in [1.29, 1.82) is 0 Å². The highest BCUT2D eigenvalue weighted by Crippen LogP contribution is 2.02. The largest absolute Gasteiger partial charge is 0.481 e. The molecule has 0 spiro atoms. The van der Waals surface area contributed by atoms with Gasteiger partial charge < -0.3 is 10.0 Å². The first-order valence-electron chi connectivity index (χ1n) is 3.75. The van der Waals surface area contributed by atoms with E-state index in [2.05, 4.69) is 13.2 Å². The average molecular weight is 183 g/mol. The zero-order valence-electron chi connectivity index (χ0n) is 7.62. The standard InChI is InChI=1S/C9H13NO3/c1-4-5-10(3)9(13)7(2)6-8(11)12/h4H,1-2,5-6H2,3H3,(H,11,12). The molecule has 13 heavy (non-hydrogen) atoms. The van der Waals surface area contributed by atoms with Gasteiger partial charge in [-0.05, 0) is 0 Å². The van der Waals surface area contributed by atoms with Crippen LogP contribution in [0.4, 0.5) is 0 Å². The van der Waals surface area contributed by atoms with Gasteiger partial charge in [0.15, 0.2) is 0 Å². The molecule has 72 valence electrons. The van der Waals surface area contributed by atoms with Gasteiger partial charge in [-0.3, -0.25) is 9.59 Å². The number of hydrogen-bond donors (Lipinski definition) is 1. The third-order valence-corrected chi connectivity index (χ3v) is 1.42. The molecule has 0 atom stereocenters. The van der Waals surface area contributed by atoms with E-state index in [0.717, 1.165) is 0 Å². The van der Waals surface area contributed by atoms with Crippen LogP contribution in [0.2, 0.25) is 0 Å². The summed E-state index contributed by atoms with van der Waals surface area (Å²) in [4.78, 5) is 22.9. The zero-order chi connectivity index (χ0) is 10.4. The van der Waals surface area contributed by atoms with Gasteiger partial charge in [0.05, 0.1) is 6.42 Å². The second-order valence-corrected chi connectivity index (χ2v) is 2.65. The lowest BCUT2D eigenvalue weighted by Crippen LogP contribution is -2.28. The quantitative estimate of drug-likeness (QED) is 0.503. The number of hydrogen-bond acceptors (Lipinski definition) is 2. The average Bonchev–Trinajstić information content (AvgIpc) is 2.02. The Hall–Kier alpha value is -1.58. The second kappa shape index (κ2) is 5.13. The van der Waals surface area contributed by atoms with Crippen molar-refractivity contribution in [1.82, 2.24) is 4.90 Å². The predicted octanol–water partition coefficient (Wildman–Crippen LogP) is 0.662. The van der Waals surface area contributed by atoms with Gasteiger partial charge in [0.2, 0.25) is 5.91 Å². The van der Waals surface area contributed by atoms with Gasteiger partial charge in [0.1, 0.15) is 0 Å². The van der Waals surface area contributed by atoms with Crippen molar-refractivity contribution in [3.8, 4) is 0 Å². The zero-order valence-corrected chi connectivity index (χ0v) is 7.62. The first-order valence-corrected chi connectivity index (χ1v) is 3.75. The molecule has 0 aliphatic carbocycles. The lowest BCUT2D eigenvalue weighted by atomic mass is 10.2. The first-order chi connectivity index (χ1) is 5.99. The minimum absolute atomic E-state index is 0.0804. The van der Waals surface area contributed by atoms with Crippen LogP contribution in [0.5, 0.6) is 0 Å². The van der Waals surface area contributed by atoms with Gasteiger partial charge >= 0.3 is 5.97 Å². The first kappa shape index (κ1) is 11.4. The smallest absolute Gasteiger partial charge is 0.308 e. The summed E-state index contributed by atoms with van der Waals surface area (Å²) in [7, 11) is 1.57. The van der Waals surface area contributed by atoms with E-state index in [-0.39, 0.29) is 17.9 Å².